The van der Waals surface area contributed by atoms with Gasteiger partial charge in [-0.2, -0.15) is 5.26 Å². The summed E-state index contributed by atoms with van der Waals surface area (Å²) in [6.07, 6.45) is 1.67. The molecule has 0 bridgehead atoms. The molecule has 0 saturated carbocycles. The zero-order chi connectivity index (χ0) is 14.3. The van der Waals surface area contributed by atoms with E-state index < -0.39 is 6.10 Å². The molecule has 1 aromatic heterocycles. The van der Waals surface area contributed by atoms with E-state index in [1.165, 1.54) is 0 Å². The van der Waals surface area contributed by atoms with E-state index in [0.717, 1.165) is 22.2 Å². The number of aromatic amines is 1. The molecule has 0 radical (unpaired) electrons. The second kappa shape index (κ2) is 4.69. The normalized spacial score (nSPS) is 22.7. The Bertz CT molecular complexity index is 723. The van der Waals surface area contributed by atoms with Gasteiger partial charge in [0.1, 0.15) is 0 Å². The topological polar surface area (TPSA) is 63.0 Å². The highest BCUT2D eigenvalue weighted by Gasteiger charge is 2.32. The summed E-state index contributed by atoms with van der Waals surface area (Å²) in [5.74, 6) is 0. The number of fused-ring (bicyclic) bond motifs is 1. The quantitative estimate of drug-likeness (QED) is 0.835. The fourth-order valence-corrected chi connectivity index (χ4v) is 3.14. The van der Waals surface area contributed by atoms with Crippen LogP contribution in [0.4, 0.5) is 0 Å². The van der Waals surface area contributed by atoms with Crippen molar-refractivity contribution in [3.63, 3.8) is 0 Å². The Morgan fingerprint density at radius 3 is 2.85 bits per heavy atom. The van der Waals surface area contributed by atoms with Gasteiger partial charge in [0.05, 0.1) is 18.2 Å². The fraction of sp³-hybridized carbons (Fsp3) is 0.312. The maximum Gasteiger partial charge on any atom is 0.0963 e. The van der Waals surface area contributed by atoms with Crippen molar-refractivity contribution in [3.05, 3.63) is 47.3 Å². The van der Waals surface area contributed by atoms with Crippen molar-refractivity contribution >= 4 is 10.9 Å². The van der Waals surface area contributed by atoms with E-state index in [0.29, 0.717) is 12.0 Å². The van der Waals surface area contributed by atoms with Gasteiger partial charge >= 0.3 is 0 Å². The van der Waals surface area contributed by atoms with Crippen LogP contribution in [0.25, 0.3) is 10.9 Å². The van der Waals surface area contributed by atoms with Crippen molar-refractivity contribution in [3.8, 4) is 6.07 Å². The van der Waals surface area contributed by atoms with Crippen LogP contribution in [0.15, 0.2) is 36.0 Å². The van der Waals surface area contributed by atoms with Crippen LogP contribution in [-0.2, 0) is 0 Å². The number of benzene rings is 1. The Kier molecular flexibility index (Phi) is 3.00. The molecule has 2 N–H and O–H groups in total. The summed E-state index contributed by atoms with van der Waals surface area (Å²) < 4.78 is 0. The van der Waals surface area contributed by atoms with Crippen LogP contribution in [0.5, 0.6) is 0 Å². The maximum atomic E-state index is 10.4. The molecule has 0 saturated heterocycles. The minimum absolute atomic E-state index is 0.122. The number of hydrogen-bond acceptors (Lipinski definition) is 3. The first-order valence-corrected chi connectivity index (χ1v) is 6.70. The van der Waals surface area contributed by atoms with Gasteiger partial charge in [0.2, 0.25) is 0 Å². The molecule has 0 amide bonds. The van der Waals surface area contributed by atoms with Crippen molar-refractivity contribution in [2.75, 3.05) is 7.05 Å². The van der Waals surface area contributed by atoms with Crippen LogP contribution in [0.3, 0.4) is 0 Å². The van der Waals surface area contributed by atoms with Crippen molar-refractivity contribution in [2.24, 2.45) is 0 Å². The Balaban J connectivity index is 2.14. The summed E-state index contributed by atoms with van der Waals surface area (Å²) in [4.78, 5) is 5.31. The van der Waals surface area contributed by atoms with Gasteiger partial charge in [-0.15, -0.1) is 0 Å². The Morgan fingerprint density at radius 1 is 1.40 bits per heavy atom. The van der Waals surface area contributed by atoms with Gasteiger partial charge in [-0.1, -0.05) is 18.2 Å². The lowest BCUT2D eigenvalue weighted by molar-refractivity contribution is 0.0752. The highest BCUT2D eigenvalue weighted by atomic mass is 16.3. The number of likely N-dealkylation sites (N-methyl/N-ethyl adjacent to an activating group) is 1. The number of hydrogen-bond donors (Lipinski definition) is 2. The van der Waals surface area contributed by atoms with Crippen LogP contribution in [0.1, 0.15) is 23.7 Å². The van der Waals surface area contributed by atoms with Crippen molar-refractivity contribution in [1.82, 2.24) is 9.88 Å². The number of nitrogens with one attached hydrogen (secondary N) is 1. The molecule has 1 aromatic carbocycles. The number of aliphatic hydroxyl groups is 1. The van der Waals surface area contributed by atoms with Crippen LogP contribution in [0.2, 0.25) is 0 Å². The highest BCUT2D eigenvalue weighted by Crippen LogP contribution is 2.37. The smallest absolute Gasteiger partial charge is 0.0963 e. The van der Waals surface area contributed by atoms with E-state index in [-0.39, 0.29) is 6.04 Å². The zero-order valence-corrected chi connectivity index (χ0v) is 11.6. The molecule has 4 heteroatoms. The molecule has 3 rings (SSSR count). The van der Waals surface area contributed by atoms with Gasteiger partial charge in [-0.3, -0.25) is 0 Å². The Labute approximate surface area is 117 Å². The monoisotopic (exact) mass is 267 g/mol. The third kappa shape index (κ3) is 1.87. The Hall–Kier alpha value is -2.25. The summed E-state index contributed by atoms with van der Waals surface area (Å²) in [7, 11) is 1.91. The van der Waals surface area contributed by atoms with E-state index >= 15 is 0 Å². The molecule has 1 aliphatic rings. The average Bonchev–Trinajstić information content (AvgIpc) is 2.75. The highest BCUT2D eigenvalue weighted by molar-refractivity contribution is 5.85. The van der Waals surface area contributed by atoms with Gasteiger partial charge < -0.3 is 15.0 Å². The van der Waals surface area contributed by atoms with Gasteiger partial charge in [0.25, 0.3) is 0 Å². The average molecular weight is 267 g/mol. The number of aromatic nitrogens is 1. The lowest BCUT2D eigenvalue weighted by atomic mass is 9.91. The van der Waals surface area contributed by atoms with E-state index in [4.69, 9.17) is 5.26 Å². The van der Waals surface area contributed by atoms with E-state index in [2.05, 4.69) is 17.1 Å². The van der Waals surface area contributed by atoms with Crippen molar-refractivity contribution in [1.29, 1.82) is 5.26 Å². The number of aryl methyl sites for hydroxylation is 1. The standard InChI is InChI=1S/C16H17N3O/c1-10-15(12-5-3-4-6-13(12)18-10)16-14(20)7-11(8-17)9-19(16)2/h3-6,9,14,16,18,20H,7H2,1-2H3/t14-,16-/m1/s1. The van der Waals surface area contributed by atoms with Crippen LogP contribution in [-0.4, -0.2) is 28.1 Å². The summed E-state index contributed by atoms with van der Waals surface area (Å²) in [5, 5.41) is 20.6. The molecule has 0 unspecified atom stereocenters. The predicted molar refractivity (Wildman–Crippen MR) is 77.9 cm³/mol. The summed E-state index contributed by atoms with van der Waals surface area (Å²) in [6, 6.07) is 10.1. The van der Waals surface area contributed by atoms with Gasteiger partial charge in [0, 0.05) is 47.4 Å². The number of H-pyrrole nitrogens is 1. The van der Waals surface area contributed by atoms with E-state index in [9.17, 15) is 5.11 Å². The largest absolute Gasteiger partial charge is 0.390 e. The van der Waals surface area contributed by atoms with Crippen LogP contribution in [0, 0.1) is 18.3 Å². The number of nitrogens with zero attached hydrogens (tertiary/aromatic N) is 2. The first-order chi connectivity index (χ1) is 9.61. The van der Waals surface area contributed by atoms with Gasteiger partial charge in [-0.25, -0.2) is 0 Å². The predicted octanol–water partition coefficient (Wildman–Crippen LogP) is 2.62. The van der Waals surface area contributed by atoms with Crippen LogP contribution >= 0.6 is 0 Å². The first kappa shape index (κ1) is 12.8. The lowest BCUT2D eigenvalue weighted by Crippen LogP contribution is -2.35. The summed E-state index contributed by atoms with van der Waals surface area (Å²) in [5.41, 5.74) is 3.88. The first-order valence-electron chi connectivity index (χ1n) is 6.70. The molecule has 2 heterocycles. The third-order valence-corrected chi connectivity index (χ3v) is 3.97. The third-order valence-electron chi connectivity index (χ3n) is 3.97. The minimum atomic E-state index is -0.572. The minimum Gasteiger partial charge on any atom is -0.390 e. The van der Waals surface area contributed by atoms with E-state index in [1.54, 1.807) is 0 Å². The molecule has 4 nitrogen and oxygen atoms in total. The molecular weight excluding hydrogens is 250 g/mol. The van der Waals surface area contributed by atoms with Crippen molar-refractivity contribution < 1.29 is 5.11 Å². The maximum absolute atomic E-state index is 10.4. The van der Waals surface area contributed by atoms with Crippen molar-refractivity contribution in [2.45, 2.75) is 25.5 Å². The van der Waals surface area contributed by atoms with Crippen LogP contribution < -0.4 is 0 Å². The number of nitriles is 1. The molecule has 0 spiro atoms. The molecule has 102 valence electrons. The number of rotatable bonds is 1. The lowest BCUT2D eigenvalue weighted by Gasteiger charge is -2.35. The summed E-state index contributed by atoms with van der Waals surface area (Å²) in [6.45, 7) is 2.03. The molecule has 1 aliphatic heterocycles. The van der Waals surface area contributed by atoms with Gasteiger partial charge in [0.15, 0.2) is 0 Å². The van der Waals surface area contributed by atoms with Gasteiger partial charge in [-0.05, 0) is 13.0 Å². The molecule has 20 heavy (non-hydrogen) atoms. The molecule has 0 aliphatic carbocycles. The second-order valence-corrected chi connectivity index (χ2v) is 5.36. The van der Waals surface area contributed by atoms with E-state index in [1.807, 2.05) is 43.3 Å². The zero-order valence-electron chi connectivity index (χ0n) is 11.6. The SMILES string of the molecule is Cc1[nH]c2ccccc2c1[C@H]1[C@H](O)CC(C#N)=CN1C. The molecular formula is C16H17N3O. The molecule has 2 aromatic rings. The number of aliphatic hydroxyl groups excluding tert-OH is 1. The summed E-state index contributed by atoms with van der Waals surface area (Å²) >= 11 is 0. The fourth-order valence-electron chi connectivity index (χ4n) is 3.14. The second-order valence-electron chi connectivity index (χ2n) is 5.36. The Morgan fingerprint density at radius 2 is 2.15 bits per heavy atom. The molecule has 0 fully saturated rings. The molecule has 2 atom stereocenters. The number of para-hydroxylation sites is 1.